The molecule has 1 heterocycles. The number of carbonyl (C=O) groups excluding carboxylic acids is 4. The van der Waals surface area contributed by atoms with E-state index in [2.05, 4.69) is 0 Å². The Hall–Kier alpha value is -2.70. The van der Waals surface area contributed by atoms with Crippen LogP contribution in [0.25, 0.3) is 0 Å². The van der Waals surface area contributed by atoms with Gasteiger partial charge in [-0.1, -0.05) is 12.1 Å². The smallest absolute Gasteiger partial charge is 0.323 e. The van der Waals surface area contributed by atoms with Crippen molar-refractivity contribution in [3.05, 3.63) is 35.4 Å². The van der Waals surface area contributed by atoms with E-state index < -0.39 is 17.4 Å². The van der Waals surface area contributed by atoms with Crippen LogP contribution in [0, 0.1) is 11.3 Å². The maximum atomic E-state index is 12.3. The molecule has 1 saturated carbocycles. The summed E-state index contributed by atoms with van der Waals surface area (Å²) in [5.41, 5.74) is -0.543. The van der Waals surface area contributed by atoms with Crippen molar-refractivity contribution in [3.8, 4) is 0 Å². The molecule has 24 heavy (non-hydrogen) atoms. The average molecular weight is 331 g/mol. The number of imide groups is 1. The van der Waals surface area contributed by atoms with E-state index in [1.54, 1.807) is 24.3 Å². The molecule has 2 aliphatic rings. The van der Waals surface area contributed by atoms with Gasteiger partial charge >= 0.3 is 11.9 Å². The van der Waals surface area contributed by atoms with Crippen LogP contribution in [0.15, 0.2) is 24.3 Å². The summed E-state index contributed by atoms with van der Waals surface area (Å²) >= 11 is 0. The minimum atomic E-state index is -1.30. The first-order chi connectivity index (χ1) is 11.5. The molecule has 2 amide bonds. The molecule has 0 N–H and O–H groups in total. The van der Waals surface area contributed by atoms with Gasteiger partial charge in [-0.2, -0.15) is 0 Å². The minimum Gasteiger partial charge on any atom is -0.468 e. The van der Waals surface area contributed by atoms with Crippen LogP contribution < -0.4 is 0 Å². The maximum absolute atomic E-state index is 12.3. The lowest BCUT2D eigenvalue weighted by Crippen LogP contribution is -2.33. The van der Waals surface area contributed by atoms with Crippen LogP contribution in [0.2, 0.25) is 0 Å². The second-order valence-corrected chi connectivity index (χ2v) is 5.95. The van der Waals surface area contributed by atoms with Crippen molar-refractivity contribution in [1.29, 1.82) is 0 Å². The topological polar surface area (TPSA) is 90.0 Å². The van der Waals surface area contributed by atoms with Crippen molar-refractivity contribution >= 4 is 23.8 Å². The zero-order chi connectivity index (χ0) is 17.5. The fourth-order valence-corrected chi connectivity index (χ4v) is 3.35. The monoisotopic (exact) mass is 331 g/mol. The Morgan fingerprint density at radius 3 is 2.04 bits per heavy atom. The van der Waals surface area contributed by atoms with E-state index in [0.29, 0.717) is 24.0 Å². The molecule has 1 unspecified atom stereocenters. The number of hydrogen-bond acceptors (Lipinski definition) is 6. The Morgan fingerprint density at radius 1 is 1.08 bits per heavy atom. The van der Waals surface area contributed by atoms with E-state index >= 15 is 0 Å². The number of benzene rings is 1. The fraction of sp³-hybridized carbons (Fsp3) is 0.412. The zero-order valence-electron chi connectivity index (χ0n) is 13.4. The van der Waals surface area contributed by atoms with E-state index in [4.69, 9.17) is 9.47 Å². The van der Waals surface area contributed by atoms with E-state index in [0.717, 1.165) is 4.90 Å². The van der Waals surface area contributed by atoms with Crippen LogP contribution in [-0.4, -0.2) is 49.4 Å². The van der Waals surface area contributed by atoms with E-state index in [-0.39, 0.29) is 24.3 Å². The number of esters is 2. The number of rotatable bonds is 5. The fourth-order valence-electron chi connectivity index (χ4n) is 3.35. The largest absolute Gasteiger partial charge is 0.468 e. The van der Waals surface area contributed by atoms with E-state index in [9.17, 15) is 19.2 Å². The normalized spacial score (nSPS) is 20.6. The molecular weight excluding hydrogens is 314 g/mol. The minimum absolute atomic E-state index is 0.146. The highest BCUT2D eigenvalue weighted by atomic mass is 16.5. The number of methoxy groups -OCH3 is 2. The Balaban J connectivity index is 1.70. The Kier molecular flexibility index (Phi) is 3.87. The first-order valence-corrected chi connectivity index (χ1v) is 7.59. The first kappa shape index (κ1) is 16.2. The highest BCUT2D eigenvalue weighted by Crippen LogP contribution is 2.56. The van der Waals surface area contributed by atoms with Crippen molar-refractivity contribution < 1.29 is 28.7 Å². The summed E-state index contributed by atoms with van der Waals surface area (Å²) in [4.78, 5) is 49.6. The molecule has 0 saturated heterocycles. The Bertz CT molecular complexity index is 689. The highest BCUT2D eigenvalue weighted by Gasteiger charge is 2.67. The summed E-state index contributed by atoms with van der Waals surface area (Å²) in [6, 6.07) is 6.63. The van der Waals surface area contributed by atoms with Crippen molar-refractivity contribution in [2.75, 3.05) is 20.8 Å². The summed E-state index contributed by atoms with van der Waals surface area (Å²) in [6.07, 6.45) is 0.644. The highest BCUT2D eigenvalue weighted by molar-refractivity contribution is 6.21. The maximum Gasteiger partial charge on any atom is 0.323 e. The molecule has 0 bridgehead atoms. The van der Waals surface area contributed by atoms with Gasteiger partial charge in [-0.25, -0.2) is 0 Å². The predicted molar refractivity (Wildman–Crippen MR) is 81.0 cm³/mol. The van der Waals surface area contributed by atoms with Crippen molar-refractivity contribution in [3.63, 3.8) is 0 Å². The van der Waals surface area contributed by atoms with Crippen molar-refractivity contribution in [1.82, 2.24) is 4.90 Å². The van der Waals surface area contributed by atoms with E-state index in [1.165, 1.54) is 14.2 Å². The summed E-state index contributed by atoms with van der Waals surface area (Å²) in [5.74, 6) is -2.28. The van der Waals surface area contributed by atoms with Gasteiger partial charge in [0.05, 0.1) is 25.3 Å². The molecule has 1 fully saturated rings. The third kappa shape index (κ3) is 2.19. The van der Waals surface area contributed by atoms with Crippen LogP contribution in [-0.2, 0) is 19.1 Å². The Morgan fingerprint density at radius 2 is 1.58 bits per heavy atom. The molecule has 1 atom stereocenters. The molecule has 1 aromatic carbocycles. The zero-order valence-corrected chi connectivity index (χ0v) is 13.4. The van der Waals surface area contributed by atoms with E-state index in [1.807, 2.05) is 0 Å². The molecule has 0 aromatic heterocycles. The summed E-state index contributed by atoms with van der Waals surface area (Å²) in [6.45, 7) is 0.146. The van der Waals surface area contributed by atoms with Crippen molar-refractivity contribution in [2.45, 2.75) is 12.8 Å². The van der Waals surface area contributed by atoms with Crippen LogP contribution in [0.3, 0.4) is 0 Å². The first-order valence-electron chi connectivity index (χ1n) is 7.59. The number of nitrogens with zero attached hydrogens (tertiary/aromatic N) is 1. The SMILES string of the molecule is COC(=O)C1(C(=O)OC)CC1CCN1C(=O)c2ccccc2C1=O. The second-order valence-electron chi connectivity index (χ2n) is 5.95. The molecule has 7 nitrogen and oxygen atoms in total. The summed E-state index contributed by atoms with van der Waals surface area (Å²) in [5, 5.41) is 0. The van der Waals surface area contributed by atoms with Gasteiger partial charge < -0.3 is 9.47 Å². The van der Waals surface area contributed by atoms with Crippen LogP contribution in [0.4, 0.5) is 0 Å². The van der Waals surface area contributed by atoms with Gasteiger partial charge in [0, 0.05) is 6.54 Å². The summed E-state index contributed by atoms with van der Waals surface area (Å²) in [7, 11) is 2.43. The van der Waals surface area contributed by atoms with Crippen molar-refractivity contribution in [2.24, 2.45) is 11.3 Å². The number of ether oxygens (including phenoxy) is 2. The average Bonchev–Trinajstić information content (AvgIpc) is 3.30. The number of fused-ring (bicyclic) bond motifs is 1. The standard InChI is InChI=1S/C17H17NO6/c1-23-15(21)17(16(22)24-2)9-10(17)7-8-18-13(19)11-5-3-4-6-12(11)14(18)20/h3-6,10H,7-9H2,1-2H3. The third-order valence-electron chi connectivity index (χ3n) is 4.78. The van der Waals surface area contributed by atoms with Gasteiger partial charge in [-0.05, 0) is 30.9 Å². The second kappa shape index (κ2) is 5.74. The molecule has 1 aromatic rings. The lowest BCUT2D eigenvalue weighted by molar-refractivity contribution is -0.162. The van der Waals surface area contributed by atoms with Gasteiger partial charge in [-0.15, -0.1) is 0 Å². The van der Waals surface area contributed by atoms with Gasteiger partial charge in [0.15, 0.2) is 5.41 Å². The third-order valence-corrected chi connectivity index (χ3v) is 4.78. The van der Waals surface area contributed by atoms with Gasteiger partial charge in [0.25, 0.3) is 11.8 Å². The predicted octanol–water partition coefficient (Wildman–Crippen LogP) is 1.02. The van der Waals surface area contributed by atoms with Crippen LogP contribution in [0.1, 0.15) is 33.6 Å². The summed E-state index contributed by atoms with van der Waals surface area (Å²) < 4.78 is 9.42. The van der Waals surface area contributed by atoms with Gasteiger partial charge in [0.1, 0.15) is 0 Å². The lowest BCUT2D eigenvalue weighted by Gasteiger charge is -2.15. The van der Waals surface area contributed by atoms with Crippen LogP contribution in [0.5, 0.6) is 0 Å². The van der Waals surface area contributed by atoms with Crippen LogP contribution >= 0.6 is 0 Å². The number of carbonyl (C=O) groups is 4. The molecule has 0 spiro atoms. The van der Waals surface area contributed by atoms with Gasteiger partial charge in [-0.3, -0.25) is 24.1 Å². The lowest BCUT2D eigenvalue weighted by atomic mass is 10.0. The number of hydrogen-bond donors (Lipinski definition) is 0. The molecule has 1 aliphatic carbocycles. The molecule has 0 radical (unpaired) electrons. The quantitative estimate of drug-likeness (QED) is 0.455. The molecule has 7 heteroatoms. The molecule has 1 aliphatic heterocycles. The number of amides is 2. The molecule has 126 valence electrons. The molecule has 3 rings (SSSR count). The molecular formula is C17H17NO6. The van der Waals surface area contributed by atoms with Gasteiger partial charge in [0.2, 0.25) is 0 Å². The Labute approximate surface area is 138 Å².